The number of nitrogens with one attached hydrogen (secondary N) is 1. The fourth-order valence-electron chi connectivity index (χ4n) is 4.48. The zero-order valence-corrected chi connectivity index (χ0v) is 20.8. The Morgan fingerprint density at radius 3 is 2.30 bits per heavy atom. The van der Waals surface area contributed by atoms with Crippen LogP contribution in [-0.4, -0.2) is 32.2 Å². The first-order valence-corrected chi connectivity index (χ1v) is 11.9. The molecule has 4 aromatic rings. The molecule has 3 N–H and O–H groups in total. The molecule has 2 aromatic carbocycles. The number of carboxylic acid groups (broad SMARTS) is 2. The van der Waals surface area contributed by atoms with Gasteiger partial charge in [-0.05, 0) is 91.8 Å². The van der Waals surface area contributed by atoms with Crippen molar-refractivity contribution >= 4 is 35.0 Å². The summed E-state index contributed by atoms with van der Waals surface area (Å²) >= 11 is 5.76. The Morgan fingerprint density at radius 1 is 0.946 bits per heavy atom. The smallest absolute Gasteiger partial charge is 0.335 e. The van der Waals surface area contributed by atoms with Gasteiger partial charge in [0, 0.05) is 17.4 Å². The van der Waals surface area contributed by atoms with Crippen LogP contribution in [0.5, 0.6) is 0 Å². The van der Waals surface area contributed by atoms with E-state index in [1.54, 1.807) is 18.3 Å². The number of benzene rings is 2. The fraction of sp³-hybridized carbons (Fsp3) is 0.143. The normalized spacial score (nSPS) is 17.0. The quantitative estimate of drug-likeness (QED) is 0.286. The highest BCUT2D eigenvalue weighted by Crippen LogP contribution is 2.43. The van der Waals surface area contributed by atoms with Crippen molar-refractivity contribution in [3.05, 3.63) is 107 Å². The van der Waals surface area contributed by atoms with Gasteiger partial charge in [-0.25, -0.2) is 9.59 Å². The molecule has 1 aliphatic heterocycles. The van der Waals surface area contributed by atoms with Crippen molar-refractivity contribution in [3.63, 3.8) is 0 Å². The summed E-state index contributed by atoms with van der Waals surface area (Å²) in [5.74, 6) is -1.54. The van der Waals surface area contributed by atoms with Gasteiger partial charge in [0.2, 0.25) is 0 Å². The number of aromatic nitrogens is 1. The number of rotatable bonds is 6. The van der Waals surface area contributed by atoms with Crippen molar-refractivity contribution in [2.45, 2.75) is 25.9 Å². The van der Waals surface area contributed by atoms with E-state index in [1.165, 1.54) is 12.1 Å². The van der Waals surface area contributed by atoms with E-state index < -0.39 is 18.0 Å². The van der Waals surface area contributed by atoms with Crippen LogP contribution in [0.3, 0.4) is 0 Å². The van der Waals surface area contributed by atoms with Crippen molar-refractivity contribution in [2.24, 2.45) is 0 Å². The molecule has 8 nitrogen and oxygen atoms in total. The molecule has 2 aromatic heterocycles. The average molecular weight is 514 g/mol. The Bertz CT molecular complexity index is 1500. The number of hydrogen-bond acceptors (Lipinski definition) is 5. The molecule has 0 aliphatic carbocycles. The van der Waals surface area contributed by atoms with E-state index in [4.69, 9.17) is 16.6 Å². The largest absolute Gasteiger partial charge is 0.478 e. The van der Waals surface area contributed by atoms with E-state index >= 15 is 0 Å². The van der Waals surface area contributed by atoms with Gasteiger partial charge in [0.25, 0.3) is 0 Å². The van der Waals surface area contributed by atoms with Gasteiger partial charge in [0.1, 0.15) is 17.6 Å². The molecule has 0 radical (unpaired) electrons. The van der Waals surface area contributed by atoms with Crippen LogP contribution in [0.25, 0.3) is 11.3 Å². The van der Waals surface area contributed by atoms with Crippen molar-refractivity contribution in [3.8, 4) is 11.3 Å². The number of pyridine rings is 1. The molecule has 1 saturated heterocycles. The molecule has 0 bridgehead atoms. The first-order chi connectivity index (χ1) is 17.7. The molecular formula is C28H23N3O5S. The lowest BCUT2D eigenvalue weighted by atomic mass is 10.0. The Kier molecular flexibility index (Phi) is 6.22. The second-order valence-corrected chi connectivity index (χ2v) is 9.26. The first-order valence-electron chi connectivity index (χ1n) is 11.5. The van der Waals surface area contributed by atoms with Crippen LogP contribution in [0.2, 0.25) is 0 Å². The van der Waals surface area contributed by atoms with E-state index in [9.17, 15) is 19.8 Å². The first kappa shape index (κ1) is 24.2. The Hall–Kier alpha value is -4.50. The topological polar surface area (TPSA) is 116 Å². The van der Waals surface area contributed by atoms with Gasteiger partial charge in [0.05, 0.1) is 22.9 Å². The summed E-state index contributed by atoms with van der Waals surface area (Å²) in [6.07, 6.45) is 1.72. The van der Waals surface area contributed by atoms with Gasteiger partial charge < -0.3 is 24.8 Å². The number of aromatic carboxylic acids is 2. The molecule has 2 atom stereocenters. The maximum atomic E-state index is 11.6. The van der Waals surface area contributed by atoms with E-state index in [0.29, 0.717) is 22.2 Å². The average Bonchev–Trinajstić information content (AvgIpc) is 3.50. The monoisotopic (exact) mass is 513 g/mol. The molecule has 3 heterocycles. The van der Waals surface area contributed by atoms with Crippen LogP contribution in [0, 0.1) is 13.8 Å². The number of carboxylic acids is 2. The summed E-state index contributed by atoms with van der Waals surface area (Å²) in [6, 6.07) is 18.5. The van der Waals surface area contributed by atoms with Crippen LogP contribution in [-0.2, 0) is 0 Å². The maximum absolute atomic E-state index is 11.6. The highest BCUT2D eigenvalue weighted by Gasteiger charge is 2.42. The Balaban J connectivity index is 1.62. The number of furan rings is 1. The molecule has 2 unspecified atom stereocenters. The minimum Gasteiger partial charge on any atom is -0.478 e. The fourth-order valence-corrected chi connectivity index (χ4v) is 4.83. The molecular weight excluding hydrogens is 490 g/mol. The predicted molar refractivity (Wildman–Crippen MR) is 142 cm³/mol. The SMILES string of the molecule is Cc1ccc(N2C(=S)NC(c3ccccn3)C2c2ccc(-c3cc(C(=O)O)cc(C(=O)O)c3)o2)cc1C. The molecule has 1 aliphatic rings. The zero-order chi connectivity index (χ0) is 26.3. The molecule has 0 saturated carbocycles. The Morgan fingerprint density at radius 2 is 1.68 bits per heavy atom. The third-order valence-electron chi connectivity index (χ3n) is 6.50. The third kappa shape index (κ3) is 4.56. The van der Waals surface area contributed by atoms with E-state index in [1.807, 2.05) is 49.1 Å². The van der Waals surface area contributed by atoms with Gasteiger partial charge in [-0.15, -0.1) is 0 Å². The minimum absolute atomic E-state index is 0.139. The second kappa shape index (κ2) is 9.51. The minimum atomic E-state index is -1.22. The van der Waals surface area contributed by atoms with Gasteiger partial charge in [-0.3, -0.25) is 4.98 Å². The number of aryl methyl sites for hydroxylation is 2. The third-order valence-corrected chi connectivity index (χ3v) is 6.81. The molecule has 0 spiro atoms. The van der Waals surface area contributed by atoms with Gasteiger partial charge in [-0.2, -0.15) is 0 Å². The Labute approximate surface area is 218 Å². The van der Waals surface area contributed by atoms with E-state index in [0.717, 1.165) is 28.6 Å². The lowest BCUT2D eigenvalue weighted by Gasteiger charge is -2.26. The molecule has 186 valence electrons. The van der Waals surface area contributed by atoms with Crippen molar-refractivity contribution in [1.82, 2.24) is 10.3 Å². The number of carbonyl (C=O) groups is 2. The van der Waals surface area contributed by atoms with Gasteiger partial charge in [-0.1, -0.05) is 12.1 Å². The standard InChI is InChI=1S/C28H23N3O5S/c1-15-6-7-20(11-16(15)2)31-25(24(30-28(31)37)21-5-3-4-10-29-21)23-9-8-22(36-23)17-12-18(26(32)33)14-19(13-17)27(34)35/h3-14,24-25H,1-2H3,(H,30,37)(H,32,33)(H,34,35). The van der Waals surface area contributed by atoms with Crippen molar-refractivity contribution in [1.29, 1.82) is 0 Å². The lowest BCUT2D eigenvalue weighted by Crippen LogP contribution is -2.29. The summed E-state index contributed by atoms with van der Waals surface area (Å²) in [5, 5.41) is 22.8. The van der Waals surface area contributed by atoms with Gasteiger partial charge in [0.15, 0.2) is 5.11 Å². The van der Waals surface area contributed by atoms with Crippen molar-refractivity contribution in [2.75, 3.05) is 4.90 Å². The molecule has 0 amide bonds. The molecule has 5 rings (SSSR count). The highest BCUT2D eigenvalue weighted by atomic mass is 32.1. The molecule has 9 heteroatoms. The molecule has 37 heavy (non-hydrogen) atoms. The lowest BCUT2D eigenvalue weighted by molar-refractivity contribution is 0.0696. The van der Waals surface area contributed by atoms with Crippen LogP contribution in [0.4, 0.5) is 5.69 Å². The zero-order valence-electron chi connectivity index (χ0n) is 20.0. The predicted octanol–water partition coefficient (Wildman–Crippen LogP) is 5.53. The summed E-state index contributed by atoms with van der Waals surface area (Å²) in [7, 11) is 0. The van der Waals surface area contributed by atoms with Crippen LogP contribution in [0.15, 0.2) is 77.3 Å². The number of hydrogen-bond donors (Lipinski definition) is 3. The second-order valence-electron chi connectivity index (χ2n) is 8.88. The summed E-state index contributed by atoms with van der Waals surface area (Å²) in [6.45, 7) is 4.08. The number of nitrogens with zero attached hydrogens (tertiary/aromatic N) is 2. The highest BCUT2D eigenvalue weighted by molar-refractivity contribution is 7.80. The van der Waals surface area contributed by atoms with Gasteiger partial charge >= 0.3 is 11.9 Å². The summed E-state index contributed by atoms with van der Waals surface area (Å²) < 4.78 is 6.27. The molecule has 1 fully saturated rings. The van der Waals surface area contributed by atoms with Crippen LogP contribution in [0.1, 0.15) is 55.4 Å². The van der Waals surface area contributed by atoms with Crippen LogP contribution >= 0.6 is 12.2 Å². The maximum Gasteiger partial charge on any atom is 0.335 e. The van der Waals surface area contributed by atoms with E-state index in [2.05, 4.69) is 16.4 Å². The van der Waals surface area contributed by atoms with Crippen LogP contribution < -0.4 is 10.2 Å². The summed E-state index contributed by atoms with van der Waals surface area (Å²) in [4.78, 5) is 29.7. The summed E-state index contributed by atoms with van der Waals surface area (Å²) in [5.41, 5.74) is 4.02. The van der Waals surface area contributed by atoms with E-state index in [-0.39, 0.29) is 17.2 Å². The number of thiocarbonyl (C=S) groups is 1. The van der Waals surface area contributed by atoms with Crippen molar-refractivity contribution < 1.29 is 24.2 Å². The number of anilines is 1.